The number of nitrogens with zero attached hydrogens (tertiary/aromatic N) is 1. The van der Waals surface area contributed by atoms with Gasteiger partial charge in [0.1, 0.15) is 6.10 Å². The third-order valence-corrected chi connectivity index (χ3v) is 7.22. The Bertz CT molecular complexity index is 833. The van der Waals surface area contributed by atoms with Gasteiger partial charge in [-0.25, -0.2) is 22.3 Å². The van der Waals surface area contributed by atoms with Gasteiger partial charge in [0.15, 0.2) is 6.61 Å². The second kappa shape index (κ2) is 9.71. The molecule has 0 aromatic heterocycles. The lowest BCUT2D eigenvalue weighted by Crippen LogP contribution is -2.36. The molecule has 2 rings (SSSR count). The molecule has 0 amide bonds. The summed E-state index contributed by atoms with van der Waals surface area (Å²) < 4.78 is 36.1. The molecule has 1 aromatic carbocycles. The van der Waals surface area contributed by atoms with Crippen molar-refractivity contribution in [2.24, 2.45) is 17.8 Å². The van der Waals surface area contributed by atoms with E-state index in [0.717, 1.165) is 23.6 Å². The van der Waals surface area contributed by atoms with Gasteiger partial charge in [-0.3, -0.25) is 0 Å². The zero-order chi connectivity index (χ0) is 21.8. The van der Waals surface area contributed by atoms with E-state index in [1.807, 2.05) is 0 Å². The van der Waals surface area contributed by atoms with Crippen molar-refractivity contribution < 1.29 is 27.5 Å². The normalized spacial score (nSPS) is 22.5. The van der Waals surface area contributed by atoms with Crippen LogP contribution in [0.4, 0.5) is 0 Å². The molecule has 1 fully saturated rings. The van der Waals surface area contributed by atoms with Crippen LogP contribution in [0.3, 0.4) is 0 Å². The maximum atomic E-state index is 12.3. The molecular formula is C21H31NO6S. The number of carbonyl (C=O) groups excluding carboxylic acids is 2. The van der Waals surface area contributed by atoms with Gasteiger partial charge in [-0.05, 0) is 48.8 Å². The number of sulfonamides is 1. The van der Waals surface area contributed by atoms with Gasteiger partial charge in [-0.1, -0.05) is 33.3 Å². The smallest absolute Gasteiger partial charge is 0.344 e. The number of benzene rings is 1. The van der Waals surface area contributed by atoms with Gasteiger partial charge in [-0.2, -0.15) is 0 Å². The monoisotopic (exact) mass is 425 g/mol. The molecule has 1 saturated carbocycles. The lowest BCUT2D eigenvalue weighted by atomic mass is 9.75. The van der Waals surface area contributed by atoms with E-state index in [0.29, 0.717) is 17.8 Å². The van der Waals surface area contributed by atoms with E-state index >= 15 is 0 Å². The van der Waals surface area contributed by atoms with Crippen LogP contribution < -0.4 is 0 Å². The van der Waals surface area contributed by atoms with Crippen molar-refractivity contribution in [3.8, 4) is 0 Å². The Morgan fingerprint density at radius 2 is 1.90 bits per heavy atom. The minimum absolute atomic E-state index is 0.0181. The summed E-state index contributed by atoms with van der Waals surface area (Å²) in [5, 5.41) is 0. The number of hydrogen-bond donors (Lipinski definition) is 0. The van der Waals surface area contributed by atoms with Crippen LogP contribution in [-0.4, -0.2) is 51.5 Å². The predicted octanol–water partition coefficient (Wildman–Crippen LogP) is 3.10. The molecule has 0 saturated heterocycles. The molecule has 1 aromatic rings. The average molecular weight is 426 g/mol. The number of carbonyl (C=O) groups is 2. The summed E-state index contributed by atoms with van der Waals surface area (Å²) in [6.45, 7) is 5.89. The van der Waals surface area contributed by atoms with Gasteiger partial charge in [0.2, 0.25) is 10.0 Å². The molecule has 29 heavy (non-hydrogen) atoms. The first kappa shape index (κ1) is 23.3. The summed E-state index contributed by atoms with van der Waals surface area (Å²) >= 11 is 0. The van der Waals surface area contributed by atoms with E-state index in [1.165, 1.54) is 38.4 Å². The number of ether oxygens (including phenoxy) is 2. The average Bonchev–Trinajstić information content (AvgIpc) is 2.65. The summed E-state index contributed by atoms with van der Waals surface area (Å²) in [4.78, 5) is 24.5. The minimum Gasteiger partial charge on any atom is -0.460 e. The first-order valence-electron chi connectivity index (χ1n) is 9.91. The molecule has 0 aliphatic heterocycles. The molecule has 1 aliphatic carbocycles. The third kappa shape index (κ3) is 6.02. The minimum atomic E-state index is -3.67. The Kier molecular flexibility index (Phi) is 7.82. The summed E-state index contributed by atoms with van der Waals surface area (Å²) in [5.41, 5.74) is 0.0621. The van der Waals surface area contributed by atoms with Crippen molar-refractivity contribution in [1.29, 1.82) is 0 Å². The molecule has 0 heterocycles. The largest absolute Gasteiger partial charge is 0.460 e. The Balaban J connectivity index is 1.97. The predicted molar refractivity (Wildman–Crippen MR) is 109 cm³/mol. The highest BCUT2D eigenvalue weighted by Gasteiger charge is 2.33. The molecule has 0 spiro atoms. The van der Waals surface area contributed by atoms with Gasteiger partial charge < -0.3 is 9.47 Å². The molecule has 0 radical (unpaired) electrons. The second-order valence-corrected chi connectivity index (χ2v) is 10.4. The fraction of sp³-hybridized carbons (Fsp3) is 0.619. The van der Waals surface area contributed by atoms with E-state index < -0.39 is 28.6 Å². The Labute approximate surface area is 173 Å². The third-order valence-electron chi connectivity index (χ3n) is 5.41. The number of esters is 2. The maximum absolute atomic E-state index is 12.3. The molecule has 0 bridgehead atoms. The molecule has 0 N–H and O–H groups in total. The van der Waals surface area contributed by atoms with Crippen LogP contribution in [0.25, 0.3) is 0 Å². The lowest BCUT2D eigenvalue weighted by molar-refractivity contribution is -0.159. The molecule has 3 unspecified atom stereocenters. The van der Waals surface area contributed by atoms with Crippen molar-refractivity contribution in [3.63, 3.8) is 0 Å². The first-order chi connectivity index (χ1) is 13.5. The van der Waals surface area contributed by atoms with E-state index in [4.69, 9.17) is 9.47 Å². The van der Waals surface area contributed by atoms with Crippen LogP contribution in [0.5, 0.6) is 0 Å². The van der Waals surface area contributed by atoms with Crippen LogP contribution in [0.15, 0.2) is 29.2 Å². The standard InChI is InChI=1S/C21H31NO6S/c1-14(2)18-10-9-15(3)11-19(18)28-20(23)13-27-21(24)16-7-6-8-17(12-16)29(25,26)22(4)5/h6-8,12,14-15,18-19H,9-11,13H2,1-5H3. The van der Waals surface area contributed by atoms with Gasteiger partial charge >= 0.3 is 11.9 Å². The lowest BCUT2D eigenvalue weighted by Gasteiger charge is -2.36. The Morgan fingerprint density at radius 1 is 1.21 bits per heavy atom. The zero-order valence-electron chi connectivity index (χ0n) is 17.8. The summed E-state index contributed by atoms with van der Waals surface area (Å²) in [6, 6.07) is 5.54. The van der Waals surface area contributed by atoms with Crippen molar-refractivity contribution in [2.45, 2.75) is 51.0 Å². The van der Waals surface area contributed by atoms with Crippen molar-refractivity contribution in [2.75, 3.05) is 20.7 Å². The molecule has 3 atom stereocenters. The summed E-state index contributed by atoms with van der Waals surface area (Å²) in [6.07, 6.45) is 2.79. The molecule has 1 aliphatic rings. The van der Waals surface area contributed by atoms with Crippen molar-refractivity contribution >= 4 is 22.0 Å². The maximum Gasteiger partial charge on any atom is 0.344 e. The van der Waals surface area contributed by atoms with Gasteiger partial charge in [0.05, 0.1) is 10.5 Å². The topological polar surface area (TPSA) is 90.0 Å². The highest BCUT2D eigenvalue weighted by atomic mass is 32.2. The van der Waals surface area contributed by atoms with Crippen LogP contribution in [-0.2, 0) is 24.3 Å². The molecule has 162 valence electrons. The van der Waals surface area contributed by atoms with Crippen LogP contribution in [0.2, 0.25) is 0 Å². The quantitative estimate of drug-likeness (QED) is 0.624. The van der Waals surface area contributed by atoms with E-state index in [2.05, 4.69) is 20.8 Å². The van der Waals surface area contributed by atoms with Crippen LogP contribution in [0, 0.1) is 17.8 Å². The van der Waals surface area contributed by atoms with Gasteiger partial charge in [0.25, 0.3) is 0 Å². The second-order valence-electron chi connectivity index (χ2n) is 8.25. The fourth-order valence-electron chi connectivity index (χ4n) is 3.66. The molecule has 8 heteroatoms. The van der Waals surface area contributed by atoms with E-state index in [9.17, 15) is 18.0 Å². The fourth-order valence-corrected chi connectivity index (χ4v) is 4.60. The zero-order valence-corrected chi connectivity index (χ0v) is 18.6. The highest BCUT2D eigenvalue weighted by Crippen LogP contribution is 2.35. The highest BCUT2D eigenvalue weighted by molar-refractivity contribution is 7.89. The Hall–Kier alpha value is -1.93. The van der Waals surface area contributed by atoms with Crippen LogP contribution in [0.1, 0.15) is 50.4 Å². The Morgan fingerprint density at radius 3 is 2.52 bits per heavy atom. The summed E-state index contributed by atoms with van der Waals surface area (Å²) in [7, 11) is -0.850. The van der Waals surface area contributed by atoms with Gasteiger partial charge in [0, 0.05) is 14.1 Å². The molecular weight excluding hydrogens is 394 g/mol. The molecule has 7 nitrogen and oxygen atoms in total. The van der Waals surface area contributed by atoms with E-state index in [1.54, 1.807) is 0 Å². The number of hydrogen-bond acceptors (Lipinski definition) is 6. The van der Waals surface area contributed by atoms with Crippen LogP contribution >= 0.6 is 0 Å². The van der Waals surface area contributed by atoms with E-state index in [-0.39, 0.29) is 16.6 Å². The first-order valence-corrected chi connectivity index (χ1v) is 11.4. The SMILES string of the molecule is CC1CCC(C(C)C)C(OC(=O)COC(=O)c2cccc(S(=O)(=O)N(C)C)c2)C1. The van der Waals surface area contributed by atoms with Crippen molar-refractivity contribution in [1.82, 2.24) is 4.31 Å². The number of rotatable bonds is 7. The summed E-state index contributed by atoms with van der Waals surface area (Å²) in [5.74, 6) is -0.148. The van der Waals surface area contributed by atoms with Gasteiger partial charge in [-0.15, -0.1) is 0 Å². The van der Waals surface area contributed by atoms with Crippen molar-refractivity contribution in [3.05, 3.63) is 29.8 Å².